The van der Waals surface area contributed by atoms with Crippen LogP contribution < -0.4 is 0 Å². The minimum Gasteiger partial charge on any atom is -0.392 e. The van der Waals surface area contributed by atoms with E-state index in [0.29, 0.717) is 25.7 Å². The molecule has 0 bridgehead atoms. The van der Waals surface area contributed by atoms with E-state index in [1.807, 2.05) is 17.9 Å². The molecule has 1 amide bonds. The van der Waals surface area contributed by atoms with Gasteiger partial charge in [0, 0.05) is 51.2 Å². The van der Waals surface area contributed by atoms with Gasteiger partial charge in [-0.25, -0.2) is 0 Å². The van der Waals surface area contributed by atoms with Crippen molar-refractivity contribution in [2.45, 2.75) is 38.5 Å². The predicted molar refractivity (Wildman–Crippen MR) is 119 cm³/mol. The summed E-state index contributed by atoms with van der Waals surface area (Å²) in [6, 6.07) is 19.4. The van der Waals surface area contributed by atoms with Crippen LogP contribution in [0.3, 0.4) is 0 Å². The predicted octanol–water partition coefficient (Wildman–Crippen LogP) is 2.55. The van der Waals surface area contributed by atoms with Gasteiger partial charge >= 0.3 is 0 Å². The van der Waals surface area contributed by atoms with Crippen molar-refractivity contribution in [3.05, 3.63) is 71.3 Å². The number of benzene rings is 2. The van der Waals surface area contributed by atoms with Gasteiger partial charge in [-0.2, -0.15) is 0 Å². The maximum Gasteiger partial charge on any atom is 0.237 e. The fraction of sp³-hybridized carbons (Fsp3) is 0.480. The van der Waals surface area contributed by atoms with E-state index in [9.17, 15) is 9.90 Å². The third kappa shape index (κ3) is 4.75. The second kappa shape index (κ2) is 9.29. The number of carbonyl (C=O) groups is 1. The third-order valence-electron chi connectivity index (χ3n) is 6.46. The van der Waals surface area contributed by atoms with Crippen molar-refractivity contribution in [2.75, 3.05) is 39.3 Å². The van der Waals surface area contributed by atoms with Gasteiger partial charge in [-0.15, -0.1) is 0 Å². The Bertz CT molecular complexity index is 854. The van der Waals surface area contributed by atoms with Crippen LogP contribution in [0.4, 0.5) is 0 Å². The lowest BCUT2D eigenvalue weighted by Gasteiger charge is -2.41. The second-order valence-electron chi connectivity index (χ2n) is 8.86. The maximum atomic E-state index is 13.2. The summed E-state index contributed by atoms with van der Waals surface area (Å²) in [7, 11) is 0. The van der Waals surface area contributed by atoms with Crippen molar-refractivity contribution in [2.24, 2.45) is 0 Å². The van der Waals surface area contributed by atoms with Gasteiger partial charge in [-0.1, -0.05) is 54.6 Å². The first kappa shape index (κ1) is 21.0. The largest absolute Gasteiger partial charge is 0.392 e. The molecule has 2 aromatic carbocycles. The molecule has 4 rings (SSSR count). The average Bonchev–Trinajstić information content (AvgIpc) is 2.75. The SMILES string of the molecule is CC(O)CN1CCN(CC(=O)N2Cc3ccccc3C(c3ccccc3)C2)CC1C. The van der Waals surface area contributed by atoms with Gasteiger partial charge in [0.1, 0.15) is 0 Å². The lowest BCUT2D eigenvalue weighted by molar-refractivity contribution is -0.134. The van der Waals surface area contributed by atoms with Gasteiger partial charge in [0.25, 0.3) is 0 Å². The number of aliphatic hydroxyl groups excluding tert-OH is 1. The molecule has 0 aliphatic carbocycles. The summed E-state index contributed by atoms with van der Waals surface area (Å²) in [5.74, 6) is 0.434. The summed E-state index contributed by atoms with van der Waals surface area (Å²) in [5, 5.41) is 9.69. The maximum absolute atomic E-state index is 13.2. The molecule has 1 saturated heterocycles. The molecular formula is C25H33N3O2. The van der Waals surface area contributed by atoms with E-state index in [1.165, 1.54) is 16.7 Å². The van der Waals surface area contributed by atoms with Crippen LogP contribution in [0.15, 0.2) is 54.6 Å². The summed E-state index contributed by atoms with van der Waals surface area (Å²) >= 11 is 0. The molecule has 0 radical (unpaired) electrons. The molecule has 1 fully saturated rings. The van der Waals surface area contributed by atoms with Crippen LogP contribution in [-0.2, 0) is 11.3 Å². The molecule has 3 unspecified atom stereocenters. The zero-order valence-corrected chi connectivity index (χ0v) is 18.1. The Morgan fingerprint density at radius 2 is 1.80 bits per heavy atom. The number of nitrogens with zero attached hydrogens (tertiary/aromatic N) is 3. The highest BCUT2D eigenvalue weighted by Gasteiger charge is 2.31. The van der Waals surface area contributed by atoms with Crippen molar-refractivity contribution >= 4 is 5.91 Å². The molecule has 30 heavy (non-hydrogen) atoms. The molecule has 2 aromatic rings. The molecule has 2 heterocycles. The van der Waals surface area contributed by atoms with Crippen molar-refractivity contribution in [1.29, 1.82) is 0 Å². The van der Waals surface area contributed by atoms with Crippen LogP contribution in [0.2, 0.25) is 0 Å². The number of β-amino-alcohol motifs (C(OH)–C–C–N with tert-alkyl or cyclic N) is 1. The molecule has 5 heteroatoms. The normalized spacial score (nSPS) is 23.8. The Balaban J connectivity index is 1.44. The topological polar surface area (TPSA) is 47.0 Å². The first-order chi connectivity index (χ1) is 14.5. The number of hydrogen-bond acceptors (Lipinski definition) is 4. The van der Waals surface area contributed by atoms with Crippen LogP contribution in [0.25, 0.3) is 0 Å². The zero-order valence-electron chi connectivity index (χ0n) is 18.1. The van der Waals surface area contributed by atoms with E-state index in [4.69, 9.17) is 0 Å². The van der Waals surface area contributed by atoms with Crippen molar-refractivity contribution < 1.29 is 9.90 Å². The molecule has 5 nitrogen and oxygen atoms in total. The Labute approximate surface area is 179 Å². The van der Waals surface area contributed by atoms with E-state index in [0.717, 1.165) is 26.2 Å². The molecule has 3 atom stereocenters. The van der Waals surface area contributed by atoms with Crippen molar-refractivity contribution in [3.8, 4) is 0 Å². The lowest BCUT2D eigenvalue weighted by Crippen LogP contribution is -2.55. The van der Waals surface area contributed by atoms with E-state index >= 15 is 0 Å². The molecule has 2 aliphatic rings. The smallest absolute Gasteiger partial charge is 0.237 e. The van der Waals surface area contributed by atoms with E-state index < -0.39 is 0 Å². The van der Waals surface area contributed by atoms with Gasteiger partial charge in [0.15, 0.2) is 0 Å². The molecule has 2 aliphatic heterocycles. The summed E-state index contributed by atoms with van der Waals surface area (Å²) < 4.78 is 0. The highest BCUT2D eigenvalue weighted by molar-refractivity contribution is 5.79. The molecule has 160 valence electrons. The minimum atomic E-state index is -0.316. The molecule has 0 aromatic heterocycles. The third-order valence-corrected chi connectivity index (χ3v) is 6.46. The number of rotatable bonds is 5. The van der Waals surface area contributed by atoms with Gasteiger partial charge in [0.2, 0.25) is 5.91 Å². The minimum absolute atomic E-state index is 0.210. The molecule has 0 saturated carbocycles. The standard InChI is InChI=1S/C25H33N3O2/c1-19-14-26(12-13-27(19)15-20(2)29)18-25(30)28-16-22-10-6-7-11-23(22)24(17-28)21-8-4-3-5-9-21/h3-11,19-20,24,29H,12-18H2,1-2H3. The Morgan fingerprint density at radius 1 is 1.07 bits per heavy atom. The van der Waals surface area contributed by atoms with Crippen molar-refractivity contribution in [1.82, 2.24) is 14.7 Å². The van der Waals surface area contributed by atoms with Crippen LogP contribution in [0, 0.1) is 0 Å². The highest BCUT2D eigenvalue weighted by Crippen LogP contribution is 2.33. The number of piperazine rings is 1. The molecule has 0 spiro atoms. The number of carbonyl (C=O) groups excluding carboxylic acids is 1. The Morgan fingerprint density at radius 3 is 2.53 bits per heavy atom. The number of fused-ring (bicyclic) bond motifs is 1. The molecular weight excluding hydrogens is 374 g/mol. The zero-order chi connectivity index (χ0) is 21.1. The Kier molecular flexibility index (Phi) is 6.52. The van der Waals surface area contributed by atoms with Gasteiger partial charge in [0.05, 0.1) is 12.6 Å². The quantitative estimate of drug-likeness (QED) is 0.828. The lowest BCUT2D eigenvalue weighted by atomic mass is 9.84. The van der Waals surface area contributed by atoms with Crippen LogP contribution >= 0.6 is 0 Å². The monoisotopic (exact) mass is 407 g/mol. The second-order valence-corrected chi connectivity index (χ2v) is 8.86. The number of amides is 1. The van der Waals surface area contributed by atoms with E-state index in [2.05, 4.69) is 65.3 Å². The van der Waals surface area contributed by atoms with E-state index in [-0.39, 0.29) is 17.9 Å². The van der Waals surface area contributed by atoms with E-state index in [1.54, 1.807) is 0 Å². The summed E-state index contributed by atoms with van der Waals surface area (Å²) in [6.07, 6.45) is -0.316. The fourth-order valence-corrected chi connectivity index (χ4v) is 4.88. The highest BCUT2D eigenvalue weighted by atomic mass is 16.3. The van der Waals surface area contributed by atoms with Gasteiger partial charge in [-0.3, -0.25) is 14.6 Å². The van der Waals surface area contributed by atoms with Crippen LogP contribution in [0.5, 0.6) is 0 Å². The summed E-state index contributed by atoms with van der Waals surface area (Å²) in [6.45, 7) is 9.24. The Hall–Kier alpha value is -2.21. The molecule has 1 N–H and O–H groups in total. The van der Waals surface area contributed by atoms with Crippen LogP contribution in [0.1, 0.15) is 36.5 Å². The fourth-order valence-electron chi connectivity index (χ4n) is 4.88. The first-order valence-electron chi connectivity index (χ1n) is 11.1. The van der Waals surface area contributed by atoms with Crippen molar-refractivity contribution in [3.63, 3.8) is 0 Å². The summed E-state index contributed by atoms with van der Waals surface area (Å²) in [5.41, 5.74) is 3.86. The van der Waals surface area contributed by atoms with Gasteiger partial charge in [-0.05, 0) is 30.5 Å². The van der Waals surface area contributed by atoms with Crippen LogP contribution in [-0.4, -0.2) is 77.1 Å². The number of hydrogen-bond donors (Lipinski definition) is 1. The van der Waals surface area contributed by atoms with Gasteiger partial charge < -0.3 is 10.0 Å². The first-order valence-corrected chi connectivity index (χ1v) is 11.1. The number of aliphatic hydroxyl groups is 1. The average molecular weight is 408 g/mol. The summed E-state index contributed by atoms with van der Waals surface area (Å²) in [4.78, 5) is 19.9.